The van der Waals surface area contributed by atoms with E-state index >= 15 is 0 Å². The summed E-state index contributed by atoms with van der Waals surface area (Å²) in [4.78, 5) is 3.38. The number of rotatable bonds is 2. The smallest absolute Gasteiger partial charge is 0.155 e. The van der Waals surface area contributed by atoms with Gasteiger partial charge < -0.3 is 20.1 Å². The van der Waals surface area contributed by atoms with Gasteiger partial charge in [0.25, 0.3) is 0 Å². The molecule has 4 atom stereocenters. The van der Waals surface area contributed by atoms with E-state index < -0.39 is 31.0 Å². The van der Waals surface area contributed by atoms with Gasteiger partial charge in [0.05, 0.1) is 13.2 Å². The number of aliphatic hydroxyl groups excluding tert-OH is 3. The van der Waals surface area contributed by atoms with Crippen molar-refractivity contribution in [1.29, 1.82) is 0 Å². The van der Waals surface area contributed by atoms with Crippen LogP contribution in [0.2, 0.25) is 0 Å². The molecule has 6 heteroatoms. The molecule has 72 valence electrons. The van der Waals surface area contributed by atoms with E-state index in [0.29, 0.717) is 0 Å². The fourth-order valence-corrected chi connectivity index (χ4v) is 1.12. The normalized spacial score (nSPS) is 43.0. The number of halogens is 1. The Morgan fingerprint density at radius 1 is 1.50 bits per heavy atom. The van der Waals surface area contributed by atoms with Crippen molar-refractivity contribution >= 4 is 0 Å². The van der Waals surface area contributed by atoms with E-state index in [0.717, 1.165) is 0 Å². The molecule has 1 saturated heterocycles. The molecule has 12 heavy (non-hydrogen) atoms. The molecular weight excluding hydrogens is 171 g/mol. The van der Waals surface area contributed by atoms with Crippen LogP contribution in [0.3, 0.4) is 0 Å². The number of hydrogen-bond acceptors (Lipinski definition) is 5. The molecule has 0 saturated carbocycles. The van der Waals surface area contributed by atoms with Crippen LogP contribution in [0.4, 0.5) is 4.53 Å². The zero-order chi connectivity index (χ0) is 9.14. The predicted molar refractivity (Wildman–Crippen MR) is 34.8 cm³/mol. The van der Waals surface area contributed by atoms with Gasteiger partial charge in [-0.3, -0.25) is 0 Å². The minimum Gasteiger partial charge on any atom is -0.394 e. The zero-order valence-corrected chi connectivity index (χ0v) is 6.26. The van der Waals surface area contributed by atoms with Gasteiger partial charge in [-0.2, -0.15) is 4.94 Å². The third-order valence-electron chi connectivity index (χ3n) is 1.86. The van der Waals surface area contributed by atoms with Crippen molar-refractivity contribution in [2.45, 2.75) is 24.4 Å². The third-order valence-corrected chi connectivity index (χ3v) is 1.86. The Hall–Kier alpha value is -0.270. The lowest BCUT2D eigenvalue weighted by molar-refractivity contribution is -0.286. The summed E-state index contributed by atoms with van der Waals surface area (Å²) in [5, 5.41) is 26.8. The second-order valence-electron chi connectivity index (χ2n) is 2.67. The fraction of sp³-hybridized carbons (Fsp3) is 1.00. The largest absolute Gasteiger partial charge is 0.394 e. The Balaban J connectivity index is 2.58. The van der Waals surface area contributed by atoms with Gasteiger partial charge in [0.1, 0.15) is 18.3 Å². The fourth-order valence-electron chi connectivity index (χ4n) is 1.12. The molecule has 0 aromatic carbocycles. The summed E-state index contributed by atoms with van der Waals surface area (Å²) in [5.74, 6) is 0. The van der Waals surface area contributed by atoms with E-state index in [9.17, 15) is 4.53 Å². The Labute approximate surface area is 68.2 Å². The first-order valence-corrected chi connectivity index (χ1v) is 3.56. The Kier molecular flexibility index (Phi) is 3.36. The summed E-state index contributed by atoms with van der Waals surface area (Å²) in [5.41, 5.74) is 0. The molecule has 0 aromatic rings. The number of hydrogen-bond donors (Lipinski definition) is 3. The Bertz CT molecular complexity index is 142. The highest BCUT2D eigenvalue weighted by atomic mass is 19.3. The maximum absolute atomic E-state index is 11.8. The van der Waals surface area contributed by atoms with Crippen LogP contribution in [0.25, 0.3) is 0 Å². The molecule has 1 aliphatic heterocycles. The molecule has 5 nitrogen and oxygen atoms in total. The highest BCUT2D eigenvalue weighted by Gasteiger charge is 2.40. The quantitative estimate of drug-likeness (QED) is 0.477. The van der Waals surface area contributed by atoms with Crippen LogP contribution in [0.5, 0.6) is 0 Å². The first-order valence-electron chi connectivity index (χ1n) is 3.56. The standard InChI is InChI=1S/C6H11FO5/c7-12-6-4(1-8)11-2-3(9)5(6)10/h3-6,8-10H,1-2H2/t3-,4-,5+,6-/m1/s1. The number of aliphatic hydroxyl groups is 3. The van der Waals surface area contributed by atoms with E-state index in [1.54, 1.807) is 0 Å². The van der Waals surface area contributed by atoms with E-state index in [1.165, 1.54) is 0 Å². The summed E-state index contributed by atoms with van der Waals surface area (Å²) >= 11 is 0. The lowest BCUT2D eigenvalue weighted by Crippen LogP contribution is -2.54. The van der Waals surface area contributed by atoms with Crippen LogP contribution in [-0.4, -0.2) is 52.9 Å². The molecule has 1 aliphatic rings. The van der Waals surface area contributed by atoms with Crippen molar-refractivity contribution in [3.63, 3.8) is 0 Å². The van der Waals surface area contributed by atoms with Crippen LogP contribution in [0, 0.1) is 0 Å². The predicted octanol–water partition coefficient (Wildman–Crippen LogP) is -1.63. The van der Waals surface area contributed by atoms with Gasteiger partial charge in [-0.15, -0.1) is 0 Å². The number of ether oxygens (including phenoxy) is 1. The van der Waals surface area contributed by atoms with Gasteiger partial charge in [-0.1, -0.05) is 0 Å². The van der Waals surface area contributed by atoms with Gasteiger partial charge in [0.2, 0.25) is 0 Å². The Morgan fingerprint density at radius 2 is 2.17 bits per heavy atom. The zero-order valence-electron chi connectivity index (χ0n) is 6.26. The summed E-state index contributed by atoms with van der Waals surface area (Å²) in [7, 11) is 0. The maximum atomic E-state index is 11.8. The van der Waals surface area contributed by atoms with Crippen LogP contribution in [0.15, 0.2) is 0 Å². The lowest BCUT2D eigenvalue weighted by Gasteiger charge is -2.34. The molecule has 3 N–H and O–H groups in total. The summed E-state index contributed by atoms with van der Waals surface area (Å²) < 4.78 is 16.6. The third kappa shape index (κ3) is 1.73. The van der Waals surface area contributed by atoms with Crippen LogP contribution < -0.4 is 0 Å². The lowest BCUT2D eigenvalue weighted by atomic mass is 10.0. The highest BCUT2D eigenvalue weighted by Crippen LogP contribution is 2.18. The van der Waals surface area contributed by atoms with Crippen molar-refractivity contribution in [2.24, 2.45) is 0 Å². The topological polar surface area (TPSA) is 79.2 Å². The van der Waals surface area contributed by atoms with E-state index in [1.807, 2.05) is 0 Å². The molecule has 0 radical (unpaired) electrons. The monoisotopic (exact) mass is 182 g/mol. The molecule has 0 aliphatic carbocycles. The van der Waals surface area contributed by atoms with E-state index in [2.05, 4.69) is 4.94 Å². The van der Waals surface area contributed by atoms with Crippen molar-refractivity contribution in [3.8, 4) is 0 Å². The summed E-state index contributed by atoms with van der Waals surface area (Å²) in [6, 6.07) is 0. The average Bonchev–Trinajstić information content (AvgIpc) is 2.09. The van der Waals surface area contributed by atoms with E-state index in [-0.39, 0.29) is 6.61 Å². The minimum atomic E-state index is -1.36. The molecule has 0 spiro atoms. The van der Waals surface area contributed by atoms with Gasteiger partial charge in [-0.05, 0) is 4.53 Å². The Morgan fingerprint density at radius 3 is 2.67 bits per heavy atom. The molecule has 1 rings (SSSR count). The summed E-state index contributed by atoms with van der Waals surface area (Å²) in [6.07, 6.45) is -4.78. The second kappa shape index (κ2) is 4.11. The SMILES string of the molecule is OC[C@H]1OC[C@@H](O)[C@H](O)[C@@H]1OF. The van der Waals surface area contributed by atoms with Crippen molar-refractivity contribution in [2.75, 3.05) is 13.2 Å². The second-order valence-corrected chi connectivity index (χ2v) is 2.67. The van der Waals surface area contributed by atoms with Crippen LogP contribution in [-0.2, 0) is 9.68 Å². The molecule has 0 amide bonds. The van der Waals surface area contributed by atoms with Gasteiger partial charge in [0.15, 0.2) is 6.10 Å². The molecule has 0 unspecified atom stereocenters. The minimum absolute atomic E-state index is 0.133. The highest BCUT2D eigenvalue weighted by molar-refractivity contribution is 4.86. The first-order chi connectivity index (χ1) is 5.70. The van der Waals surface area contributed by atoms with Gasteiger partial charge in [0, 0.05) is 0 Å². The molecular formula is C6H11FO5. The van der Waals surface area contributed by atoms with E-state index in [4.69, 9.17) is 20.1 Å². The molecule has 0 aromatic heterocycles. The van der Waals surface area contributed by atoms with Crippen LogP contribution in [0.1, 0.15) is 0 Å². The maximum Gasteiger partial charge on any atom is 0.155 e. The summed E-state index contributed by atoms with van der Waals surface area (Å²) in [6.45, 7) is -0.593. The average molecular weight is 182 g/mol. The van der Waals surface area contributed by atoms with Crippen molar-refractivity contribution in [3.05, 3.63) is 0 Å². The molecule has 0 bridgehead atoms. The van der Waals surface area contributed by atoms with Crippen LogP contribution >= 0.6 is 0 Å². The van der Waals surface area contributed by atoms with Gasteiger partial charge >= 0.3 is 0 Å². The first kappa shape index (κ1) is 9.82. The van der Waals surface area contributed by atoms with Gasteiger partial charge in [-0.25, -0.2) is 0 Å². The molecule has 1 fully saturated rings. The van der Waals surface area contributed by atoms with Crippen molar-refractivity contribution in [1.82, 2.24) is 0 Å². The molecule has 1 heterocycles. The van der Waals surface area contributed by atoms with Crippen molar-refractivity contribution < 1.29 is 29.5 Å².